The Morgan fingerprint density at radius 3 is 1.50 bits per heavy atom. The van der Waals surface area contributed by atoms with Crippen molar-refractivity contribution in [2.45, 2.75) is 71.3 Å². The zero-order valence-electron chi connectivity index (χ0n) is 13.6. The normalized spacial score (nSPS) is 10.6. The van der Waals surface area contributed by atoms with Gasteiger partial charge in [0, 0.05) is 25.8 Å². The quantitative estimate of drug-likeness (QED) is 0.338. The van der Waals surface area contributed by atoms with Gasteiger partial charge in [0.15, 0.2) is 0 Å². The maximum Gasteiger partial charge on any atom is 0.300 e. The van der Waals surface area contributed by atoms with E-state index in [4.69, 9.17) is 24.9 Å². The minimum absolute atomic E-state index is 0.163. The monoisotopic (exact) mass is 386 g/mol. The summed E-state index contributed by atoms with van der Waals surface area (Å²) in [7, 11) is 0. The highest BCUT2D eigenvalue weighted by atomic mass is 79.9. The van der Waals surface area contributed by atoms with Crippen molar-refractivity contribution >= 4 is 27.9 Å². The summed E-state index contributed by atoms with van der Waals surface area (Å²) in [4.78, 5) is 18.0. The number of aliphatic hydroxyl groups excluding tert-OH is 2. The van der Waals surface area contributed by atoms with Crippen molar-refractivity contribution in [3.63, 3.8) is 0 Å². The number of hydrogen-bond donors (Lipinski definition) is 4. The first-order valence-corrected chi connectivity index (χ1v) is 8.64. The van der Waals surface area contributed by atoms with Gasteiger partial charge >= 0.3 is 0 Å². The molecule has 0 saturated heterocycles. The molecule has 22 heavy (non-hydrogen) atoms. The van der Waals surface area contributed by atoms with Gasteiger partial charge in [-0.2, -0.15) is 0 Å². The lowest BCUT2D eigenvalue weighted by molar-refractivity contribution is -0.135. The smallest absolute Gasteiger partial charge is 0.300 e. The van der Waals surface area contributed by atoms with Crippen LogP contribution in [0.4, 0.5) is 0 Å². The molecule has 0 fully saturated rings. The fourth-order valence-electron chi connectivity index (χ4n) is 1.45. The summed E-state index contributed by atoms with van der Waals surface area (Å²) in [6.45, 7) is 2.50. The van der Waals surface area contributed by atoms with E-state index in [9.17, 15) is 5.11 Å². The molecule has 0 bridgehead atoms. The first kappa shape index (κ1) is 26.2. The van der Waals surface area contributed by atoms with E-state index in [0.717, 1.165) is 39.5 Å². The van der Waals surface area contributed by atoms with Gasteiger partial charge in [0.2, 0.25) is 0 Å². The summed E-state index contributed by atoms with van der Waals surface area (Å²) in [5.74, 6) is -1.67. The van der Waals surface area contributed by atoms with E-state index in [1.807, 2.05) is 0 Å². The molecule has 0 aliphatic rings. The van der Waals surface area contributed by atoms with Crippen LogP contribution in [0.2, 0.25) is 0 Å². The van der Waals surface area contributed by atoms with Gasteiger partial charge < -0.3 is 20.4 Å². The van der Waals surface area contributed by atoms with E-state index in [1.165, 1.54) is 25.7 Å². The maximum absolute atomic E-state index is 9.26. The lowest BCUT2D eigenvalue weighted by Crippen LogP contribution is -2.06. The molecular formula is C15H31BrO6. The number of carbonyl (C=O) groups is 2. The number of aliphatic hydroxyl groups is 2. The van der Waals surface area contributed by atoms with Gasteiger partial charge in [0.05, 0.1) is 6.10 Å². The van der Waals surface area contributed by atoms with Gasteiger partial charge in [0.1, 0.15) is 0 Å². The zero-order valence-corrected chi connectivity index (χ0v) is 15.2. The van der Waals surface area contributed by atoms with Crippen LogP contribution in [-0.4, -0.2) is 50.4 Å². The van der Waals surface area contributed by atoms with Gasteiger partial charge in [0.25, 0.3) is 11.9 Å². The van der Waals surface area contributed by atoms with Crippen LogP contribution in [0.15, 0.2) is 0 Å². The summed E-state index contributed by atoms with van der Waals surface area (Å²) in [6.07, 6.45) is 8.98. The Bertz CT molecular complexity index is 228. The third kappa shape index (κ3) is 50.6. The van der Waals surface area contributed by atoms with Gasteiger partial charge in [-0.25, -0.2) is 0 Å². The minimum Gasteiger partial charge on any atom is -0.481 e. The molecule has 0 radical (unpaired) electrons. The molecule has 0 aromatic rings. The second kappa shape index (κ2) is 22.6. The van der Waals surface area contributed by atoms with Crippen LogP contribution in [0.3, 0.4) is 0 Å². The Labute approximate surface area is 141 Å². The van der Waals surface area contributed by atoms with Crippen LogP contribution >= 0.6 is 15.9 Å². The van der Waals surface area contributed by atoms with Gasteiger partial charge in [-0.1, -0.05) is 54.5 Å². The fraction of sp³-hybridized carbons (Fsp3) is 0.867. The number of unbranched alkanes of at least 4 members (excludes halogenated alkanes) is 6. The number of rotatable bonds is 10. The summed E-state index contributed by atoms with van der Waals surface area (Å²) < 4.78 is 0. The third-order valence-corrected chi connectivity index (χ3v) is 3.12. The average molecular weight is 387 g/mol. The molecule has 7 heteroatoms. The van der Waals surface area contributed by atoms with E-state index in [0.29, 0.717) is 11.9 Å². The molecule has 6 nitrogen and oxygen atoms in total. The van der Waals surface area contributed by atoms with E-state index < -0.39 is 11.9 Å². The molecule has 0 heterocycles. The fourth-order valence-corrected chi connectivity index (χ4v) is 1.78. The first-order valence-electron chi connectivity index (χ1n) is 7.51. The largest absolute Gasteiger partial charge is 0.481 e. The summed E-state index contributed by atoms with van der Waals surface area (Å²) in [6, 6.07) is 0. The minimum atomic E-state index is -0.833. The topological polar surface area (TPSA) is 115 Å². The molecule has 1 atom stereocenters. The maximum atomic E-state index is 9.26. The molecule has 134 valence electrons. The van der Waals surface area contributed by atoms with Crippen molar-refractivity contribution in [3.8, 4) is 0 Å². The average Bonchev–Trinajstić information content (AvgIpc) is 2.40. The molecule has 4 N–H and O–H groups in total. The van der Waals surface area contributed by atoms with Gasteiger partial charge in [-0.15, -0.1) is 0 Å². The standard InChI is InChI=1S/C11H23BrO2.2C2H4O2/c12-10-11(14)8-6-4-2-1-3-5-7-9-13;2*1-2(3)4/h11,13-14H,1-10H2;2*1H3,(H,3,4). The predicted octanol–water partition coefficient (Wildman–Crippen LogP) is 3.04. The lowest BCUT2D eigenvalue weighted by atomic mass is 10.1. The lowest BCUT2D eigenvalue weighted by Gasteiger charge is -2.05. The van der Waals surface area contributed by atoms with Gasteiger partial charge in [-0.3, -0.25) is 9.59 Å². The van der Waals surface area contributed by atoms with E-state index >= 15 is 0 Å². The second-order valence-electron chi connectivity index (χ2n) is 4.83. The zero-order chi connectivity index (χ0) is 17.8. The molecule has 0 aliphatic heterocycles. The molecule has 0 aromatic heterocycles. The number of carboxylic acid groups (broad SMARTS) is 2. The molecule has 0 spiro atoms. The Morgan fingerprint density at radius 2 is 1.18 bits per heavy atom. The van der Waals surface area contributed by atoms with E-state index in [1.54, 1.807) is 0 Å². The highest BCUT2D eigenvalue weighted by molar-refractivity contribution is 9.09. The number of halogens is 1. The van der Waals surface area contributed by atoms with Crippen LogP contribution in [0.25, 0.3) is 0 Å². The van der Waals surface area contributed by atoms with Crippen molar-refractivity contribution in [1.82, 2.24) is 0 Å². The number of carboxylic acids is 2. The third-order valence-electron chi connectivity index (χ3n) is 2.37. The van der Waals surface area contributed by atoms with Crippen molar-refractivity contribution < 1.29 is 30.0 Å². The Balaban J connectivity index is -0.000000372. The number of aliphatic carboxylic acids is 2. The van der Waals surface area contributed by atoms with Crippen LogP contribution in [-0.2, 0) is 9.59 Å². The molecule has 0 aliphatic carbocycles. The summed E-state index contributed by atoms with van der Waals surface area (Å²) in [5, 5.41) is 33.4. The number of alkyl halides is 1. The Hall–Kier alpha value is -0.660. The molecule has 0 saturated carbocycles. The first-order chi connectivity index (χ1) is 10.3. The Kier molecular flexibility index (Phi) is 27.0. The van der Waals surface area contributed by atoms with Gasteiger partial charge in [-0.05, 0) is 12.8 Å². The van der Waals surface area contributed by atoms with Crippen molar-refractivity contribution in [1.29, 1.82) is 0 Å². The van der Waals surface area contributed by atoms with Crippen molar-refractivity contribution in [2.75, 3.05) is 11.9 Å². The van der Waals surface area contributed by atoms with Crippen LogP contribution in [0, 0.1) is 0 Å². The second-order valence-corrected chi connectivity index (χ2v) is 5.48. The molecule has 0 rings (SSSR count). The summed E-state index contributed by atoms with van der Waals surface area (Å²) >= 11 is 3.25. The van der Waals surface area contributed by atoms with Crippen LogP contribution in [0.5, 0.6) is 0 Å². The van der Waals surface area contributed by atoms with E-state index in [-0.39, 0.29) is 6.10 Å². The van der Waals surface area contributed by atoms with Crippen LogP contribution in [0.1, 0.15) is 65.2 Å². The van der Waals surface area contributed by atoms with Crippen molar-refractivity contribution in [2.24, 2.45) is 0 Å². The SMILES string of the molecule is CC(=O)O.CC(=O)O.OCCCCCCCCCC(O)CBr. The molecule has 0 amide bonds. The molecule has 1 unspecified atom stereocenters. The van der Waals surface area contributed by atoms with E-state index in [2.05, 4.69) is 15.9 Å². The Morgan fingerprint density at radius 1 is 0.864 bits per heavy atom. The summed E-state index contributed by atoms with van der Waals surface area (Å²) in [5.41, 5.74) is 0. The number of hydrogen-bond acceptors (Lipinski definition) is 4. The predicted molar refractivity (Wildman–Crippen MR) is 90.4 cm³/mol. The van der Waals surface area contributed by atoms with Crippen LogP contribution < -0.4 is 0 Å². The molecular weight excluding hydrogens is 356 g/mol. The molecule has 0 aromatic carbocycles. The highest BCUT2D eigenvalue weighted by Gasteiger charge is 2.00. The highest BCUT2D eigenvalue weighted by Crippen LogP contribution is 2.10. The van der Waals surface area contributed by atoms with Crippen molar-refractivity contribution in [3.05, 3.63) is 0 Å².